The molecule has 0 saturated heterocycles. The molecule has 1 aromatic carbocycles. The highest BCUT2D eigenvalue weighted by Gasteiger charge is 2.34. The number of aliphatic hydroxyl groups is 1. The first-order valence-electron chi connectivity index (χ1n) is 9.13. The van der Waals surface area contributed by atoms with E-state index in [0.717, 1.165) is 35.4 Å². The normalized spacial score (nSPS) is 18.2. The van der Waals surface area contributed by atoms with E-state index in [2.05, 4.69) is 5.10 Å². The van der Waals surface area contributed by atoms with Gasteiger partial charge in [-0.1, -0.05) is 12.1 Å². The number of hydrogen-bond acceptors (Lipinski definition) is 4. The molecule has 0 spiro atoms. The molecule has 134 valence electrons. The van der Waals surface area contributed by atoms with Crippen molar-refractivity contribution in [1.29, 1.82) is 0 Å². The van der Waals surface area contributed by atoms with Crippen LogP contribution in [0.15, 0.2) is 34.7 Å². The average molecular weight is 351 g/mol. The lowest BCUT2D eigenvalue weighted by molar-refractivity contribution is 0.0706. The summed E-state index contributed by atoms with van der Waals surface area (Å²) in [5.41, 5.74) is 2.96. The number of benzene rings is 1. The molecule has 1 amide bonds. The van der Waals surface area contributed by atoms with Crippen molar-refractivity contribution < 1.29 is 14.3 Å². The fourth-order valence-corrected chi connectivity index (χ4v) is 3.79. The number of furan rings is 1. The van der Waals surface area contributed by atoms with Crippen molar-refractivity contribution in [1.82, 2.24) is 14.7 Å². The Morgan fingerprint density at radius 1 is 1.31 bits per heavy atom. The molecule has 1 N–H and O–H groups in total. The number of hydrogen-bond donors (Lipinski definition) is 1. The van der Waals surface area contributed by atoms with Crippen molar-refractivity contribution in [2.45, 2.75) is 39.0 Å². The van der Waals surface area contributed by atoms with Gasteiger partial charge in [0.15, 0.2) is 0 Å². The summed E-state index contributed by atoms with van der Waals surface area (Å²) in [6, 6.07) is 9.56. The van der Waals surface area contributed by atoms with E-state index in [1.807, 2.05) is 46.8 Å². The van der Waals surface area contributed by atoms with Crippen LogP contribution in [0, 0.1) is 12.8 Å². The summed E-state index contributed by atoms with van der Waals surface area (Å²) >= 11 is 0. The maximum atomic E-state index is 13.1. The lowest BCUT2D eigenvalue weighted by Gasteiger charge is -2.27. The number of amides is 1. The van der Waals surface area contributed by atoms with Crippen LogP contribution >= 0.6 is 0 Å². The van der Waals surface area contributed by atoms with Gasteiger partial charge in [-0.05, 0) is 43.9 Å². The Kier molecular flexibility index (Phi) is 3.43. The van der Waals surface area contributed by atoms with Crippen LogP contribution in [-0.2, 0) is 13.1 Å². The molecule has 26 heavy (non-hydrogen) atoms. The number of rotatable bonds is 3. The highest BCUT2D eigenvalue weighted by molar-refractivity contribution is 6.05. The van der Waals surface area contributed by atoms with Crippen LogP contribution in [0.2, 0.25) is 0 Å². The van der Waals surface area contributed by atoms with E-state index < -0.39 is 6.10 Å². The minimum absolute atomic E-state index is 0.0262. The van der Waals surface area contributed by atoms with Crippen LogP contribution in [0.4, 0.5) is 0 Å². The SMILES string of the molecule is Cc1cc2cccc(C(=O)N3CCn4nc([C@H](O)C5CC5)cc4C3)c2o1. The number of nitrogens with zero attached hydrogens (tertiary/aromatic N) is 3. The Balaban J connectivity index is 1.42. The minimum atomic E-state index is -0.475. The molecule has 1 atom stereocenters. The Morgan fingerprint density at radius 2 is 2.15 bits per heavy atom. The highest BCUT2D eigenvalue weighted by atomic mass is 16.3. The van der Waals surface area contributed by atoms with Crippen LogP contribution in [0.25, 0.3) is 11.0 Å². The Bertz CT molecular complexity index is 999. The summed E-state index contributed by atoms with van der Waals surface area (Å²) in [6.07, 6.45) is 1.67. The summed E-state index contributed by atoms with van der Waals surface area (Å²) in [7, 11) is 0. The fourth-order valence-electron chi connectivity index (χ4n) is 3.79. The van der Waals surface area contributed by atoms with Gasteiger partial charge in [0.05, 0.1) is 30.0 Å². The van der Waals surface area contributed by atoms with Crippen molar-refractivity contribution in [3.63, 3.8) is 0 Å². The van der Waals surface area contributed by atoms with Gasteiger partial charge in [-0.25, -0.2) is 0 Å². The largest absolute Gasteiger partial charge is 0.461 e. The van der Waals surface area contributed by atoms with Crippen molar-refractivity contribution in [2.75, 3.05) is 6.54 Å². The summed E-state index contributed by atoms with van der Waals surface area (Å²) < 4.78 is 7.67. The number of fused-ring (bicyclic) bond motifs is 2. The highest BCUT2D eigenvalue weighted by Crippen LogP contribution is 2.40. The molecule has 6 heteroatoms. The minimum Gasteiger partial charge on any atom is -0.461 e. The van der Waals surface area contributed by atoms with Gasteiger partial charge in [-0.15, -0.1) is 0 Å². The summed E-state index contributed by atoms with van der Waals surface area (Å²) in [6.45, 7) is 3.63. The Labute approximate surface area is 151 Å². The van der Waals surface area contributed by atoms with Gasteiger partial charge in [-0.2, -0.15) is 5.10 Å². The molecule has 2 aromatic heterocycles. The maximum Gasteiger partial charge on any atom is 0.258 e. The van der Waals surface area contributed by atoms with Gasteiger partial charge < -0.3 is 14.4 Å². The average Bonchev–Trinajstić information content (AvgIpc) is 3.28. The smallest absolute Gasteiger partial charge is 0.258 e. The zero-order valence-corrected chi connectivity index (χ0v) is 14.7. The maximum absolute atomic E-state index is 13.1. The number of aryl methyl sites for hydroxylation is 1. The van der Waals surface area contributed by atoms with Crippen LogP contribution in [0.5, 0.6) is 0 Å². The number of aliphatic hydroxyl groups excluding tert-OH is 1. The quantitative estimate of drug-likeness (QED) is 0.787. The number of para-hydroxylation sites is 1. The molecule has 0 unspecified atom stereocenters. The number of carbonyl (C=O) groups excluding carboxylic acids is 1. The molecular formula is C20H21N3O3. The zero-order chi connectivity index (χ0) is 17.8. The molecule has 1 saturated carbocycles. The second-order valence-corrected chi connectivity index (χ2v) is 7.37. The molecule has 1 aliphatic heterocycles. The van der Waals surface area contributed by atoms with Gasteiger partial charge in [-0.3, -0.25) is 9.48 Å². The lowest BCUT2D eigenvalue weighted by atomic mass is 10.1. The molecule has 3 aromatic rings. The number of aromatic nitrogens is 2. The standard InChI is InChI=1S/C20H21N3O3/c1-12-9-14-3-2-4-16(19(14)26-12)20(25)22-7-8-23-15(11-22)10-17(21-23)18(24)13-5-6-13/h2-4,9-10,13,18,24H,5-8,11H2,1H3/t18-/m1/s1. The van der Waals surface area contributed by atoms with E-state index in [4.69, 9.17) is 4.42 Å². The van der Waals surface area contributed by atoms with Gasteiger partial charge in [0, 0.05) is 11.9 Å². The van der Waals surface area contributed by atoms with Gasteiger partial charge >= 0.3 is 0 Å². The second kappa shape index (κ2) is 5.71. The van der Waals surface area contributed by atoms with E-state index in [1.165, 1.54) is 0 Å². The van der Waals surface area contributed by atoms with E-state index in [-0.39, 0.29) is 5.91 Å². The van der Waals surface area contributed by atoms with Gasteiger partial charge in [0.1, 0.15) is 17.4 Å². The van der Waals surface area contributed by atoms with Gasteiger partial charge in [0.2, 0.25) is 0 Å². The molecule has 2 aliphatic rings. The third kappa shape index (κ3) is 2.52. The Morgan fingerprint density at radius 3 is 2.96 bits per heavy atom. The van der Waals surface area contributed by atoms with Crippen LogP contribution in [0.1, 0.15) is 46.5 Å². The first-order valence-corrected chi connectivity index (χ1v) is 9.13. The zero-order valence-electron chi connectivity index (χ0n) is 14.7. The molecule has 1 aliphatic carbocycles. The van der Waals surface area contributed by atoms with Crippen molar-refractivity contribution in [3.05, 3.63) is 53.0 Å². The topological polar surface area (TPSA) is 71.5 Å². The molecule has 5 rings (SSSR count). The third-order valence-electron chi connectivity index (χ3n) is 5.37. The second-order valence-electron chi connectivity index (χ2n) is 7.37. The van der Waals surface area contributed by atoms with Crippen molar-refractivity contribution in [3.8, 4) is 0 Å². The fraction of sp³-hybridized carbons (Fsp3) is 0.400. The summed E-state index contributed by atoms with van der Waals surface area (Å²) in [4.78, 5) is 14.9. The van der Waals surface area contributed by atoms with Crippen LogP contribution in [0.3, 0.4) is 0 Å². The van der Waals surface area contributed by atoms with E-state index in [0.29, 0.717) is 36.7 Å². The molecule has 0 radical (unpaired) electrons. The molecule has 0 bridgehead atoms. The first-order chi connectivity index (χ1) is 12.6. The summed E-state index contributed by atoms with van der Waals surface area (Å²) in [5, 5.41) is 15.8. The summed E-state index contributed by atoms with van der Waals surface area (Å²) in [5.74, 6) is 1.13. The van der Waals surface area contributed by atoms with E-state index in [9.17, 15) is 9.90 Å². The number of carbonyl (C=O) groups is 1. The van der Waals surface area contributed by atoms with Gasteiger partial charge in [0.25, 0.3) is 5.91 Å². The van der Waals surface area contributed by atoms with Crippen LogP contribution < -0.4 is 0 Å². The predicted octanol–water partition coefficient (Wildman–Crippen LogP) is 3.04. The van der Waals surface area contributed by atoms with Crippen molar-refractivity contribution >= 4 is 16.9 Å². The monoisotopic (exact) mass is 351 g/mol. The van der Waals surface area contributed by atoms with E-state index in [1.54, 1.807) is 0 Å². The molecular weight excluding hydrogens is 330 g/mol. The first kappa shape index (κ1) is 15.6. The predicted molar refractivity (Wildman–Crippen MR) is 95.6 cm³/mol. The Hall–Kier alpha value is -2.60. The molecule has 3 heterocycles. The van der Waals surface area contributed by atoms with Crippen LogP contribution in [-0.4, -0.2) is 32.2 Å². The molecule has 1 fully saturated rings. The third-order valence-corrected chi connectivity index (χ3v) is 5.37. The molecule has 6 nitrogen and oxygen atoms in total. The lowest BCUT2D eigenvalue weighted by Crippen LogP contribution is -2.38. The van der Waals surface area contributed by atoms with Crippen molar-refractivity contribution in [2.24, 2.45) is 5.92 Å². The van der Waals surface area contributed by atoms with E-state index >= 15 is 0 Å².